The molecule has 0 aromatic heterocycles. The van der Waals surface area contributed by atoms with Crippen molar-refractivity contribution in [1.29, 1.82) is 0 Å². The Morgan fingerprint density at radius 3 is 2.38 bits per heavy atom. The van der Waals surface area contributed by atoms with E-state index in [1.165, 1.54) is 26.2 Å². The van der Waals surface area contributed by atoms with Crippen LogP contribution in [0.15, 0.2) is 0 Å². The number of alkyl halides is 1. The van der Waals surface area contributed by atoms with E-state index in [9.17, 15) is 0 Å². The van der Waals surface area contributed by atoms with Crippen LogP contribution in [0.1, 0.15) is 20.8 Å². The lowest BCUT2D eigenvalue weighted by molar-refractivity contribution is 0.107. The molecular formula is C10H21IN2. The molecule has 0 spiro atoms. The van der Waals surface area contributed by atoms with E-state index in [-0.39, 0.29) is 0 Å². The summed E-state index contributed by atoms with van der Waals surface area (Å²) >= 11 is 2.63. The Hall–Kier alpha value is 0.650. The third kappa shape index (κ3) is 3.06. The summed E-state index contributed by atoms with van der Waals surface area (Å²) in [6.45, 7) is 11.7. The van der Waals surface area contributed by atoms with Gasteiger partial charge in [0.05, 0.1) is 3.42 Å². The first-order valence-electron chi connectivity index (χ1n) is 5.08. The number of likely N-dealkylation sites (tertiary alicyclic amines) is 1. The van der Waals surface area contributed by atoms with E-state index in [0.29, 0.717) is 9.46 Å². The third-order valence-electron chi connectivity index (χ3n) is 2.88. The summed E-state index contributed by atoms with van der Waals surface area (Å²) in [4.78, 5) is 4.94. The van der Waals surface area contributed by atoms with Gasteiger partial charge in [-0.15, -0.1) is 0 Å². The van der Waals surface area contributed by atoms with Crippen LogP contribution >= 0.6 is 22.6 Å². The fraction of sp³-hybridized carbons (Fsp3) is 1.00. The Kier molecular flexibility index (Phi) is 4.01. The average molecular weight is 296 g/mol. The van der Waals surface area contributed by atoms with Crippen molar-refractivity contribution in [3.05, 3.63) is 0 Å². The molecule has 0 aromatic rings. The monoisotopic (exact) mass is 296 g/mol. The molecule has 3 heteroatoms. The third-order valence-corrected chi connectivity index (χ3v) is 3.90. The molecule has 1 aliphatic heterocycles. The Morgan fingerprint density at radius 1 is 1.46 bits per heavy atom. The van der Waals surface area contributed by atoms with Crippen molar-refractivity contribution in [2.24, 2.45) is 0 Å². The van der Waals surface area contributed by atoms with Crippen molar-refractivity contribution in [2.75, 3.05) is 33.2 Å². The van der Waals surface area contributed by atoms with E-state index in [4.69, 9.17) is 0 Å². The van der Waals surface area contributed by atoms with Crippen molar-refractivity contribution >= 4 is 22.6 Å². The normalized spacial score (nSPS) is 22.4. The lowest BCUT2D eigenvalue weighted by atomic mass is 9.99. The van der Waals surface area contributed by atoms with Crippen molar-refractivity contribution in [3.8, 4) is 0 Å². The van der Waals surface area contributed by atoms with E-state index < -0.39 is 0 Å². The van der Waals surface area contributed by atoms with Crippen LogP contribution in [0, 0.1) is 0 Å². The molecule has 1 heterocycles. The second kappa shape index (κ2) is 4.45. The molecule has 0 N–H and O–H groups in total. The predicted octanol–water partition coefficient (Wildman–Crippen LogP) is 1.84. The summed E-state index contributed by atoms with van der Waals surface area (Å²) in [7, 11) is 2.22. The zero-order chi connectivity index (χ0) is 10.1. The van der Waals surface area contributed by atoms with Gasteiger partial charge < -0.3 is 9.80 Å². The lowest BCUT2D eigenvalue weighted by Gasteiger charge is -2.48. The Bertz CT molecular complexity index is 164. The van der Waals surface area contributed by atoms with Gasteiger partial charge in [0.15, 0.2) is 0 Å². The highest BCUT2D eigenvalue weighted by atomic mass is 127. The van der Waals surface area contributed by atoms with Gasteiger partial charge in [-0.2, -0.15) is 0 Å². The molecule has 1 aliphatic rings. The molecule has 0 radical (unpaired) electrons. The molecule has 0 aliphatic carbocycles. The fourth-order valence-electron chi connectivity index (χ4n) is 1.71. The molecule has 0 atom stereocenters. The van der Waals surface area contributed by atoms with E-state index in [0.717, 1.165) is 0 Å². The molecule has 0 unspecified atom stereocenters. The second-order valence-corrected chi connectivity index (χ2v) is 6.75. The lowest BCUT2D eigenvalue weighted by Crippen LogP contribution is -2.62. The van der Waals surface area contributed by atoms with Crippen molar-refractivity contribution < 1.29 is 0 Å². The van der Waals surface area contributed by atoms with Gasteiger partial charge in [0.25, 0.3) is 0 Å². The second-order valence-electron chi connectivity index (χ2n) is 4.46. The SMILES string of the molecule is CCN1CC(I)(CN(C)C(C)C)C1. The number of halogens is 1. The maximum absolute atomic E-state index is 2.63. The summed E-state index contributed by atoms with van der Waals surface area (Å²) in [5, 5.41) is 0. The van der Waals surface area contributed by atoms with E-state index in [2.05, 4.69) is 60.2 Å². The molecule has 0 amide bonds. The van der Waals surface area contributed by atoms with Gasteiger partial charge in [0.1, 0.15) is 0 Å². The maximum Gasteiger partial charge on any atom is 0.0602 e. The number of hydrogen-bond acceptors (Lipinski definition) is 2. The molecule has 0 saturated carbocycles. The summed E-state index contributed by atoms with van der Waals surface area (Å²) in [5.41, 5.74) is 0. The number of rotatable bonds is 4. The largest absolute Gasteiger partial charge is 0.303 e. The first-order chi connectivity index (χ1) is 5.97. The van der Waals surface area contributed by atoms with Crippen LogP contribution in [0.2, 0.25) is 0 Å². The topological polar surface area (TPSA) is 6.48 Å². The molecule has 0 aromatic carbocycles. The standard InChI is InChI=1S/C10H21IN2/c1-5-13-7-10(11,8-13)6-12(4)9(2)3/h9H,5-8H2,1-4H3. The first kappa shape index (κ1) is 11.7. The molecule has 1 fully saturated rings. The van der Waals surface area contributed by atoms with Gasteiger partial charge in [0.2, 0.25) is 0 Å². The Morgan fingerprint density at radius 2 is 2.00 bits per heavy atom. The van der Waals surface area contributed by atoms with Crippen LogP contribution in [-0.4, -0.2) is 52.5 Å². The van der Waals surface area contributed by atoms with Gasteiger partial charge in [-0.1, -0.05) is 29.5 Å². The van der Waals surface area contributed by atoms with Crippen LogP contribution in [0.25, 0.3) is 0 Å². The van der Waals surface area contributed by atoms with Gasteiger partial charge in [0, 0.05) is 25.7 Å². The van der Waals surface area contributed by atoms with Crippen LogP contribution in [0.4, 0.5) is 0 Å². The Labute approximate surface area is 95.8 Å². The molecular weight excluding hydrogens is 275 g/mol. The summed E-state index contributed by atoms with van der Waals surface area (Å²) < 4.78 is 0.521. The van der Waals surface area contributed by atoms with Crippen LogP contribution in [-0.2, 0) is 0 Å². The smallest absolute Gasteiger partial charge is 0.0602 e. The van der Waals surface area contributed by atoms with Crippen LogP contribution in [0.3, 0.4) is 0 Å². The first-order valence-corrected chi connectivity index (χ1v) is 6.16. The predicted molar refractivity (Wildman–Crippen MR) is 66.6 cm³/mol. The van der Waals surface area contributed by atoms with E-state index >= 15 is 0 Å². The highest BCUT2D eigenvalue weighted by Crippen LogP contribution is 2.31. The van der Waals surface area contributed by atoms with Crippen molar-refractivity contribution in [1.82, 2.24) is 9.80 Å². The molecule has 0 bridgehead atoms. The number of nitrogens with zero attached hydrogens (tertiary/aromatic N) is 2. The number of hydrogen-bond donors (Lipinski definition) is 0. The van der Waals surface area contributed by atoms with Gasteiger partial charge >= 0.3 is 0 Å². The minimum absolute atomic E-state index is 0.521. The van der Waals surface area contributed by atoms with Crippen molar-refractivity contribution in [2.45, 2.75) is 30.2 Å². The molecule has 78 valence electrons. The highest BCUT2D eigenvalue weighted by molar-refractivity contribution is 14.1. The van der Waals surface area contributed by atoms with Crippen LogP contribution in [0.5, 0.6) is 0 Å². The minimum Gasteiger partial charge on any atom is -0.303 e. The van der Waals surface area contributed by atoms with Crippen LogP contribution < -0.4 is 0 Å². The van der Waals surface area contributed by atoms with E-state index in [1.54, 1.807) is 0 Å². The molecule has 1 rings (SSSR count). The Balaban J connectivity index is 2.30. The quantitative estimate of drug-likeness (QED) is 0.577. The highest BCUT2D eigenvalue weighted by Gasteiger charge is 2.40. The zero-order valence-corrected chi connectivity index (χ0v) is 11.3. The summed E-state index contributed by atoms with van der Waals surface area (Å²) in [6, 6.07) is 0.669. The van der Waals surface area contributed by atoms with Crippen molar-refractivity contribution in [3.63, 3.8) is 0 Å². The van der Waals surface area contributed by atoms with Gasteiger partial charge in [-0.3, -0.25) is 0 Å². The minimum atomic E-state index is 0.521. The molecule has 2 nitrogen and oxygen atoms in total. The fourth-order valence-corrected chi connectivity index (χ4v) is 3.21. The zero-order valence-electron chi connectivity index (χ0n) is 9.18. The average Bonchev–Trinajstić information content (AvgIpc) is 1.99. The summed E-state index contributed by atoms with van der Waals surface area (Å²) in [6.07, 6.45) is 0. The van der Waals surface area contributed by atoms with E-state index in [1.807, 2.05) is 0 Å². The maximum atomic E-state index is 2.63. The molecule has 1 saturated heterocycles. The molecule has 13 heavy (non-hydrogen) atoms. The van der Waals surface area contributed by atoms with Gasteiger partial charge in [-0.05, 0) is 27.4 Å². The van der Waals surface area contributed by atoms with Gasteiger partial charge in [-0.25, -0.2) is 0 Å². The summed E-state index contributed by atoms with van der Waals surface area (Å²) in [5.74, 6) is 0.